The Bertz CT molecular complexity index is 831. The summed E-state index contributed by atoms with van der Waals surface area (Å²) in [6, 6.07) is 0. The van der Waals surface area contributed by atoms with Crippen LogP contribution in [0.2, 0.25) is 0 Å². The third-order valence-electron chi connectivity index (χ3n) is 7.96. The Morgan fingerprint density at radius 2 is 2.11 bits per heavy atom. The maximum atomic E-state index is 11.3. The van der Waals surface area contributed by atoms with Gasteiger partial charge in [0.15, 0.2) is 0 Å². The van der Waals surface area contributed by atoms with Gasteiger partial charge in [-0.05, 0) is 53.2 Å². The van der Waals surface area contributed by atoms with Crippen molar-refractivity contribution in [1.82, 2.24) is 0 Å². The molecule has 3 N–H and O–H groups in total. The lowest BCUT2D eigenvalue weighted by molar-refractivity contribution is -0.134. The first-order chi connectivity index (χ1) is 12.7. The van der Waals surface area contributed by atoms with Gasteiger partial charge in [0.05, 0.1) is 17.7 Å². The Morgan fingerprint density at radius 1 is 1.37 bits per heavy atom. The van der Waals surface area contributed by atoms with Gasteiger partial charge >= 0.3 is 0 Å². The van der Waals surface area contributed by atoms with Crippen molar-refractivity contribution < 1.29 is 24.5 Å². The Hall–Kier alpha value is -0.850. The molecule has 3 aliphatic carbocycles. The normalized spacial score (nSPS) is 47.6. The van der Waals surface area contributed by atoms with Crippen LogP contribution in [0.15, 0.2) is 22.3 Å². The van der Waals surface area contributed by atoms with Crippen molar-refractivity contribution in [3.05, 3.63) is 34.8 Å². The number of epoxide rings is 1. The van der Waals surface area contributed by atoms with E-state index in [0.717, 1.165) is 36.0 Å². The molecule has 4 aliphatic rings. The van der Waals surface area contributed by atoms with Crippen molar-refractivity contribution in [2.24, 2.45) is 11.3 Å². The van der Waals surface area contributed by atoms with E-state index in [1.807, 2.05) is 19.9 Å². The Kier molecular flexibility index (Phi) is 3.63. The van der Waals surface area contributed by atoms with Crippen LogP contribution >= 0.6 is 11.6 Å². The van der Waals surface area contributed by atoms with Crippen molar-refractivity contribution in [3.63, 3.8) is 0 Å². The van der Waals surface area contributed by atoms with Gasteiger partial charge in [0.2, 0.25) is 0 Å². The average molecular weight is 395 g/mol. The molecule has 148 valence electrons. The smallest absolute Gasteiger partial charge is 0.145 e. The fourth-order valence-electron chi connectivity index (χ4n) is 6.20. The lowest BCUT2D eigenvalue weighted by atomic mass is 9.50. The summed E-state index contributed by atoms with van der Waals surface area (Å²) in [4.78, 5) is 0. The molecule has 0 bridgehead atoms. The van der Waals surface area contributed by atoms with E-state index in [2.05, 4.69) is 6.92 Å². The van der Waals surface area contributed by atoms with Gasteiger partial charge in [-0.1, -0.05) is 26.8 Å². The fourth-order valence-corrected chi connectivity index (χ4v) is 6.69. The molecule has 5 nitrogen and oxygen atoms in total. The lowest BCUT2D eigenvalue weighted by Crippen LogP contribution is -2.65. The molecular weight excluding hydrogens is 368 g/mol. The van der Waals surface area contributed by atoms with Gasteiger partial charge < -0.3 is 24.5 Å². The average Bonchev–Trinajstić information content (AvgIpc) is 3.20. The number of ether oxygens (including phenoxy) is 1. The minimum Gasteiger partial charge on any atom is -0.466 e. The molecule has 6 heteroatoms. The Labute approximate surface area is 164 Å². The summed E-state index contributed by atoms with van der Waals surface area (Å²) in [7, 11) is 0. The molecule has 1 aliphatic heterocycles. The molecule has 1 saturated heterocycles. The van der Waals surface area contributed by atoms with Gasteiger partial charge in [-0.3, -0.25) is 0 Å². The van der Waals surface area contributed by atoms with Crippen LogP contribution in [0, 0.1) is 11.3 Å². The minimum absolute atomic E-state index is 0.0881. The summed E-state index contributed by atoms with van der Waals surface area (Å²) in [5.41, 5.74) is 0.836. The van der Waals surface area contributed by atoms with Crippen LogP contribution in [0.25, 0.3) is 0 Å². The molecular formula is C21H27ClO5. The Morgan fingerprint density at radius 3 is 2.78 bits per heavy atom. The molecule has 1 unspecified atom stereocenters. The van der Waals surface area contributed by atoms with E-state index in [4.69, 9.17) is 20.8 Å². The second-order valence-electron chi connectivity index (χ2n) is 9.28. The predicted octanol–water partition coefficient (Wildman–Crippen LogP) is 2.64. The third-order valence-corrected chi connectivity index (χ3v) is 8.44. The molecule has 1 aromatic heterocycles. The fraction of sp³-hybridized carbons (Fsp3) is 0.714. The molecule has 1 saturated carbocycles. The zero-order chi connectivity index (χ0) is 19.4. The van der Waals surface area contributed by atoms with Crippen LogP contribution in [-0.2, 0) is 17.8 Å². The second-order valence-corrected chi connectivity index (χ2v) is 9.75. The first kappa shape index (κ1) is 18.2. The quantitative estimate of drug-likeness (QED) is 0.408. The summed E-state index contributed by atoms with van der Waals surface area (Å²) < 4.78 is 11.8. The van der Waals surface area contributed by atoms with E-state index in [0.29, 0.717) is 5.76 Å². The number of halogens is 1. The predicted molar refractivity (Wildman–Crippen MR) is 99.5 cm³/mol. The SMILES string of the molecule is CC(C)[C@]1(O)C(Cl)C=C2[C@]3(O[C@H]3C[C@H]3c4coc(CO)c4CC[C@]23C)[C@@H]1O. The van der Waals surface area contributed by atoms with Crippen LogP contribution in [0.3, 0.4) is 0 Å². The molecule has 0 amide bonds. The van der Waals surface area contributed by atoms with Gasteiger partial charge in [-0.2, -0.15) is 0 Å². The molecule has 1 aromatic rings. The van der Waals surface area contributed by atoms with E-state index in [9.17, 15) is 15.3 Å². The second kappa shape index (κ2) is 5.39. The zero-order valence-electron chi connectivity index (χ0n) is 15.9. The number of fused-ring (bicyclic) bond motifs is 4. The molecule has 5 rings (SSSR count). The van der Waals surface area contributed by atoms with Crippen molar-refractivity contribution in [2.45, 2.75) is 81.3 Å². The van der Waals surface area contributed by atoms with Crippen LogP contribution in [0.1, 0.15) is 56.4 Å². The van der Waals surface area contributed by atoms with Crippen molar-refractivity contribution >= 4 is 11.6 Å². The minimum atomic E-state index is -1.41. The highest BCUT2D eigenvalue weighted by Crippen LogP contribution is 2.70. The lowest BCUT2D eigenvalue weighted by Gasteiger charge is -2.54. The molecule has 0 radical (unpaired) electrons. The van der Waals surface area contributed by atoms with E-state index in [1.165, 1.54) is 0 Å². The summed E-state index contributed by atoms with van der Waals surface area (Å²) in [5.74, 6) is 0.651. The van der Waals surface area contributed by atoms with Crippen LogP contribution in [0.4, 0.5) is 0 Å². The van der Waals surface area contributed by atoms with Crippen LogP contribution in [-0.4, -0.2) is 44.1 Å². The van der Waals surface area contributed by atoms with E-state index >= 15 is 0 Å². The van der Waals surface area contributed by atoms with Crippen molar-refractivity contribution in [1.29, 1.82) is 0 Å². The highest BCUT2D eigenvalue weighted by molar-refractivity contribution is 6.23. The van der Waals surface area contributed by atoms with Crippen molar-refractivity contribution in [2.75, 3.05) is 0 Å². The maximum absolute atomic E-state index is 11.3. The van der Waals surface area contributed by atoms with Gasteiger partial charge in [0, 0.05) is 0 Å². The summed E-state index contributed by atoms with van der Waals surface area (Å²) >= 11 is 6.64. The first-order valence-corrected chi connectivity index (χ1v) is 10.3. The number of alkyl halides is 1. The zero-order valence-corrected chi connectivity index (χ0v) is 16.7. The number of rotatable bonds is 2. The summed E-state index contributed by atoms with van der Waals surface area (Å²) in [6.45, 7) is 5.89. The number of furan rings is 1. The topological polar surface area (TPSA) is 86.4 Å². The van der Waals surface area contributed by atoms with Crippen molar-refractivity contribution in [3.8, 4) is 0 Å². The number of aliphatic hydroxyl groups is 3. The van der Waals surface area contributed by atoms with Gasteiger partial charge in [0.1, 0.15) is 29.7 Å². The monoisotopic (exact) mass is 394 g/mol. The standard InChI is InChI=1S/C21H27ClO5/c1-10(2)20(25)16(22)7-15-19(3)5-4-11-12(9-26-14(11)8-23)13(19)6-17-21(15,27-17)18(20)24/h7,9-10,13,16-18,23-25H,4-6,8H2,1-3H3/t13-,16?,17-,18+,19-,20-,21+/m0/s1. The summed E-state index contributed by atoms with van der Waals surface area (Å²) in [5, 5.41) is 31.4. The molecule has 27 heavy (non-hydrogen) atoms. The van der Waals surface area contributed by atoms with Gasteiger partial charge in [0.25, 0.3) is 0 Å². The van der Waals surface area contributed by atoms with Crippen LogP contribution in [0.5, 0.6) is 0 Å². The third kappa shape index (κ3) is 1.95. The Balaban J connectivity index is 1.64. The molecule has 1 spiro atoms. The highest BCUT2D eigenvalue weighted by Gasteiger charge is 2.77. The molecule has 2 fully saturated rings. The molecule has 0 aromatic carbocycles. The number of hydrogen-bond acceptors (Lipinski definition) is 5. The maximum Gasteiger partial charge on any atom is 0.145 e. The van der Waals surface area contributed by atoms with E-state index < -0.39 is 22.7 Å². The first-order valence-electron chi connectivity index (χ1n) is 9.86. The summed E-state index contributed by atoms with van der Waals surface area (Å²) in [6.07, 6.45) is 5.00. The van der Waals surface area contributed by atoms with E-state index in [-0.39, 0.29) is 30.0 Å². The van der Waals surface area contributed by atoms with Gasteiger partial charge in [-0.15, -0.1) is 11.6 Å². The molecule has 2 heterocycles. The number of aliphatic hydroxyl groups excluding tert-OH is 2. The van der Waals surface area contributed by atoms with Gasteiger partial charge in [-0.25, -0.2) is 0 Å². The van der Waals surface area contributed by atoms with E-state index in [1.54, 1.807) is 6.26 Å². The van der Waals surface area contributed by atoms with Crippen LogP contribution < -0.4 is 0 Å². The largest absolute Gasteiger partial charge is 0.466 e. The molecule has 7 atom stereocenters. The number of hydrogen-bond donors (Lipinski definition) is 3. The highest BCUT2D eigenvalue weighted by atomic mass is 35.5.